The molecule has 74 valence electrons. The monoisotopic (exact) mass is 207 g/mol. The van der Waals surface area contributed by atoms with Gasteiger partial charge in [0.2, 0.25) is 0 Å². The Labute approximate surface area is 106 Å². The van der Waals surface area contributed by atoms with Gasteiger partial charge < -0.3 is 22.1 Å². The number of hydrogen-bond acceptors (Lipinski definition) is 4. The van der Waals surface area contributed by atoms with Crippen LogP contribution in [0.5, 0.6) is 11.5 Å². The first-order chi connectivity index (χ1) is 6.15. The Morgan fingerprint density at radius 2 is 2.00 bits per heavy atom. The van der Waals surface area contributed by atoms with Crippen molar-refractivity contribution in [1.82, 2.24) is 5.32 Å². The van der Waals surface area contributed by atoms with Crippen molar-refractivity contribution >= 4 is 0 Å². The topological polar surface area (TPSA) is 72.7 Å². The zero-order valence-electron chi connectivity index (χ0n) is 9.36. The van der Waals surface area contributed by atoms with Gasteiger partial charge in [-0.1, -0.05) is 6.07 Å². The van der Waals surface area contributed by atoms with Gasteiger partial charge in [-0.15, -0.1) is 0 Å². The molecular formula is C9H14NNaO3. The number of hydrogen-bond donors (Lipinski definition) is 4. The van der Waals surface area contributed by atoms with E-state index in [2.05, 4.69) is 5.32 Å². The quantitative estimate of drug-likeness (QED) is 0.326. The maximum atomic E-state index is 9.48. The van der Waals surface area contributed by atoms with E-state index in [1.54, 1.807) is 13.1 Å². The van der Waals surface area contributed by atoms with Gasteiger partial charge in [0.15, 0.2) is 11.5 Å². The molecule has 0 bridgehead atoms. The summed E-state index contributed by atoms with van der Waals surface area (Å²) in [7, 11) is 1.73. The average Bonchev–Trinajstić information content (AvgIpc) is 2.10. The molecule has 0 heterocycles. The van der Waals surface area contributed by atoms with Crippen molar-refractivity contribution in [3.63, 3.8) is 0 Å². The van der Waals surface area contributed by atoms with Crippen molar-refractivity contribution in [3.05, 3.63) is 23.8 Å². The Morgan fingerprint density at radius 1 is 1.36 bits per heavy atom. The number of rotatable bonds is 3. The first kappa shape index (κ1) is 13.7. The SMILES string of the molecule is CNCC(O)c1ccc(O)c(O)c1.[H-].[Na+]. The number of likely N-dealkylation sites (N-methyl/N-ethyl adjacent to an activating group) is 1. The molecule has 1 atom stereocenters. The summed E-state index contributed by atoms with van der Waals surface area (Å²) in [6.07, 6.45) is -0.670. The average molecular weight is 207 g/mol. The summed E-state index contributed by atoms with van der Waals surface area (Å²) in [5.74, 6) is -0.395. The fourth-order valence-electron chi connectivity index (χ4n) is 1.06. The van der Waals surface area contributed by atoms with E-state index in [4.69, 9.17) is 10.2 Å². The molecule has 0 amide bonds. The molecule has 0 aliphatic carbocycles. The molecule has 0 saturated heterocycles. The minimum atomic E-state index is -0.670. The second-order valence-corrected chi connectivity index (χ2v) is 2.82. The van der Waals surface area contributed by atoms with E-state index in [0.717, 1.165) is 0 Å². The molecule has 4 nitrogen and oxygen atoms in total. The molecule has 1 aromatic rings. The molecule has 1 aromatic carbocycles. The van der Waals surface area contributed by atoms with Crippen LogP contribution >= 0.6 is 0 Å². The van der Waals surface area contributed by atoms with E-state index < -0.39 is 6.10 Å². The fraction of sp³-hybridized carbons (Fsp3) is 0.333. The third-order valence-electron chi connectivity index (χ3n) is 1.78. The van der Waals surface area contributed by atoms with Crippen LogP contribution in [0.3, 0.4) is 0 Å². The molecule has 1 unspecified atom stereocenters. The Morgan fingerprint density at radius 3 is 2.50 bits per heavy atom. The van der Waals surface area contributed by atoms with Gasteiger partial charge >= 0.3 is 29.6 Å². The Kier molecular flexibility index (Phi) is 6.15. The summed E-state index contributed by atoms with van der Waals surface area (Å²) in [5.41, 5.74) is 0.574. The summed E-state index contributed by atoms with van der Waals surface area (Å²) >= 11 is 0. The third-order valence-corrected chi connectivity index (χ3v) is 1.78. The Bertz CT molecular complexity index is 299. The van der Waals surface area contributed by atoms with Crippen LogP contribution in [0.25, 0.3) is 0 Å². The van der Waals surface area contributed by atoms with Crippen molar-refractivity contribution in [2.75, 3.05) is 13.6 Å². The molecular weight excluding hydrogens is 193 g/mol. The standard InChI is InChI=1S/C9H13NO3.Na.H/c1-10-5-9(13)6-2-3-7(11)8(12)4-6;;/h2-4,9-13H,5H2,1H3;;/q;+1;-1. The molecule has 0 spiro atoms. The van der Waals surface area contributed by atoms with Gasteiger partial charge in [0, 0.05) is 6.54 Å². The van der Waals surface area contributed by atoms with Gasteiger partial charge in [0.1, 0.15) is 0 Å². The minimum absolute atomic E-state index is 0. The number of aromatic hydroxyl groups is 2. The van der Waals surface area contributed by atoms with Crippen LogP contribution in [0.1, 0.15) is 13.1 Å². The first-order valence-corrected chi connectivity index (χ1v) is 3.99. The molecule has 0 aromatic heterocycles. The van der Waals surface area contributed by atoms with Gasteiger partial charge in [0.05, 0.1) is 6.10 Å². The number of benzene rings is 1. The molecule has 0 saturated carbocycles. The predicted octanol–water partition coefficient (Wildman–Crippen LogP) is -2.53. The van der Waals surface area contributed by atoms with Crippen molar-refractivity contribution in [2.24, 2.45) is 0 Å². The van der Waals surface area contributed by atoms with Gasteiger partial charge in [-0.25, -0.2) is 0 Å². The Balaban J connectivity index is 0. The van der Waals surface area contributed by atoms with E-state index in [1.807, 2.05) is 0 Å². The summed E-state index contributed by atoms with van der Waals surface area (Å²) in [6, 6.07) is 4.26. The molecule has 1 rings (SSSR count). The molecule has 0 radical (unpaired) electrons. The van der Waals surface area contributed by atoms with E-state index in [-0.39, 0.29) is 42.5 Å². The normalized spacial score (nSPS) is 11.9. The van der Waals surface area contributed by atoms with Crippen LogP contribution < -0.4 is 34.9 Å². The Hall–Kier alpha value is -0.260. The van der Waals surface area contributed by atoms with Crippen LogP contribution in [-0.4, -0.2) is 28.9 Å². The maximum Gasteiger partial charge on any atom is 1.00 e. The van der Waals surface area contributed by atoms with Crippen molar-refractivity contribution in [2.45, 2.75) is 6.10 Å². The second kappa shape index (κ2) is 6.27. The largest absolute Gasteiger partial charge is 1.00 e. The van der Waals surface area contributed by atoms with Crippen LogP contribution in [-0.2, 0) is 0 Å². The zero-order valence-corrected chi connectivity index (χ0v) is 10.4. The molecule has 0 fully saturated rings. The van der Waals surface area contributed by atoms with E-state index in [9.17, 15) is 5.11 Å². The smallest absolute Gasteiger partial charge is 1.00 e. The van der Waals surface area contributed by atoms with Crippen LogP contribution in [0.2, 0.25) is 0 Å². The van der Waals surface area contributed by atoms with Crippen molar-refractivity contribution in [3.8, 4) is 11.5 Å². The van der Waals surface area contributed by atoms with Gasteiger partial charge in [0.25, 0.3) is 0 Å². The number of aliphatic hydroxyl groups is 1. The minimum Gasteiger partial charge on any atom is -1.00 e. The summed E-state index contributed by atoms with van der Waals surface area (Å²) < 4.78 is 0. The second-order valence-electron chi connectivity index (χ2n) is 2.82. The molecule has 14 heavy (non-hydrogen) atoms. The number of nitrogens with one attached hydrogen (secondary N) is 1. The summed E-state index contributed by atoms with van der Waals surface area (Å²) in [5, 5.41) is 30.4. The van der Waals surface area contributed by atoms with Crippen molar-refractivity contribution < 1.29 is 46.3 Å². The molecule has 4 N–H and O–H groups in total. The third kappa shape index (κ3) is 3.48. The van der Waals surface area contributed by atoms with Crippen LogP contribution in [0, 0.1) is 0 Å². The van der Waals surface area contributed by atoms with Gasteiger partial charge in [-0.05, 0) is 24.7 Å². The zero-order chi connectivity index (χ0) is 9.84. The van der Waals surface area contributed by atoms with E-state index >= 15 is 0 Å². The summed E-state index contributed by atoms with van der Waals surface area (Å²) in [4.78, 5) is 0. The molecule has 0 aliphatic rings. The van der Waals surface area contributed by atoms with E-state index in [0.29, 0.717) is 12.1 Å². The van der Waals surface area contributed by atoms with Crippen LogP contribution in [0.4, 0.5) is 0 Å². The van der Waals surface area contributed by atoms with E-state index in [1.165, 1.54) is 12.1 Å². The predicted molar refractivity (Wildman–Crippen MR) is 49.8 cm³/mol. The molecule has 0 aliphatic heterocycles. The van der Waals surface area contributed by atoms with Crippen LogP contribution in [0.15, 0.2) is 18.2 Å². The summed E-state index contributed by atoms with van der Waals surface area (Å²) in [6.45, 7) is 0.407. The fourth-order valence-corrected chi connectivity index (χ4v) is 1.06. The number of phenolic OH excluding ortho intramolecular Hbond substituents is 2. The first-order valence-electron chi connectivity index (χ1n) is 3.99. The van der Waals surface area contributed by atoms with Gasteiger partial charge in [-0.3, -0.25) is 0 Å². The molecule has 5 heteroatoms. The van der Waals surface area contributed by atoms with Gasteiger partial charge in [-0.2, -0.15) is 0 Å². The number of aliphatic hydroxyl groups excluding tert-OH is 1. The maximum absolute atomic E-state index is 9.48. The number of phenols is 2. The van der Waals surface area contributed by atoms with Crippen molar-refractivity contribution in [1.29, 1.82) is 0 Å².